The lowest BCUT2D eigenvalue weighted by Gasteiger charge is -2.20. The van der Waals surface area contributed by atoms with Gasteiger partial charge in [-0.25, -0.2) is 9.59 Å². The Morgan fingerprint density at radius 3 is 2.61 bits per heavy atom. The summed E-state index contributed by atoms with van der Waals surface area (Å²) < 4.78 is 36.7. The predicted octanol–water partition coefficient (Wildman–Crippen LogP) is 2.27. The number of esters is 1. The molecule has 1 aliphatic heterocycles. The molecule has 0 radical (unpaired) electrons. The molecule has 1 aliphatic rings. The minimum atomic E-state index is -1.15. The van der Waals surface area contributed by atoms with Crippen molar-refractivity contribution in [2.75, 3.05) is 13.2 Å². The number of carbonyl (C=O) groups excluding carboxylic acids is 2. The molecule has 11 nitrogen and oxygen atoms in total. The van der Waals surface area contributed by atoms with Crippen LogP contribution in [0.4, 0.5) is 9.18 Å². The second kappa shape index (κ2) is 11.7. The van der Waals surface area contributed by atoms with Crippen molar-refractivity contribution in [3.63, 3.8) is 0 Å². The van der Waals surface area contributed by atoms with Crippen LogP contribution in [0.3, 0.4) is 0 Å². The molecule has 3 atom stereocenters. The third kappa shape index (κ3) is 7.90. The summed E-state index contributed by atoms with van der Waals surface area (Å²) in [5, 5.41) is 2.85. The van der Waals surface area contributed by atoms with Gasteiger partial charge in [-0.05, 0) is 38.5 Å². The summed E-state index contributed by atoms with van der Waals surface area (Å²) >= 11 is 5.90. The molecule has 0 unspecified atom stereocenters. The normalized spacial score (nSPS) is 19.6. The van der Waals surface area contributed by atoms with E-state index in [9.17, 15) is 23.6 Å². The number of hydrogen-bond donors (Lipinski definition) is 2. The van der Waals surface area contributed by atoms with Crippen LogP contribution in [0.5, 0.6) is 0 Å². The number of halogens is 2. The highest BCUT2D eigenvalue weighted by Crippen LogP contribution is 2.31. The fraction of sp³-hybridized carbons (Fsp3) is 0.478. The van der Waals surface area contributed by atoms with E-state index in [4.69, 9.17) is 30.5 Å². The minimum absolute atomic E-state index is 0.108. The van der Waals surface area contributed by atoms with Crippen molar-refractivity contribution in [2.24, 2.45) is 0 Å². The number of hydrogen-bond acceptors (Lipinski definition) is 8. The maximum Gasteiger partial charge on any atom is 0.408 e. The Hall–Kier alpha value is -3.22. The first kappa shape index (κ1) is 27.4. The summed E-state index contributed by atoms with van der Waals surface area (Å²) in [5.41, 5.74) is -1.92. The fourth-order valence-electron chi connectivity index (χ4n) is 3.34. The van der Waals surface area contributed by atoms with Crippen LogP contribution in [0.1, 0.15) is 39.0 Å². The number of alkyl carbamates (subject to hydrolysis) is 1. The van der Waals surface area contributed by atoms with E-state index in [2.05, 4.69) is 5.32 Å². The molecule has 36 heavy (non-hydrogen) atoms. The summed E-state index contributed by atoms with van der Waals surface area (Å²) in [5.74, 6) is -1.91. The van der Waals surface area contributed by atoms with Crippen molar-refractivity contribution in [2.45, 2.75) is 57.8 Å². The van der Waals surface area contributed by atoms with Gasteiger partial charge < -0.3 is 24.3 Å². The molecule has 1 saturated heterocycles. The highest BCUT2D eigenvalue weighted by molar-refractivity contribution is 6.30. The zero-order valence-electron chi connectivity index (χ0n) is 19.9. The summed E-state index contributed by atoms with van der Waals surface area (Å²) in [6.07, 6.45) is -2.38. The Bertz CT molecular complexity index is 1190. The van der Waals surface area contributed by atoms with E-state index in [1.54, 1.807) is 45.0 Å². The van der Waals surface area contributed by atoms with E-state index in [0.717, 1.165) is 16.3 Å². The van der Waals surface area contributed by atoms with Crippen molar-refractivity contribution in [3.8, 4) is 0 Å². The molecule has 0 saturated carbocycles. The van der Waals surface area contributed by atoms with E-state index < -0.39 is 59.7 Å². The van der Waals surface area contributed by atoms with Gasteiger partial charge in [0.15, 0.2) is 0 Å². The van der Waals surface area contributed by atoms with Crippen LogP contribution < -0.4 is 16.6 Å². The standard InChI is InChI=1S/C23H27ClFN3O8/c1-23(2,3)36-22(32)26-9-19(29)34-12-17-16(33-11-13-4-6-14(24)7-5-13)8-18(35-17)28-10-15(25)20(30)27-21(28)31/h4-7,10,16-18H,8-9,11-12H2,1-3H3,(H,26,32)(H,27,30,31)/t16-,17+,18+/m0/s1. The van der Waals surface area contributed by atoms with E-state index in [1.807, 2.05) is 4.98 Å². The molecule has 3 rings (SSSR count). The van der Waals surface area contributed by atoms with Crippen LogP contribution in [-0.4, -0.2) is 52.6 Å². The van der Waals surface area contributed by atoms with Gasteiger partial charge >= 0.3 is 17.8 Å². The highest BCUT2D eigenvalue weighted by Gasteiger charge is 2.38. The van der Waals surface area contributed by atoms with Gasteiger partial charge in [0.2, 0.25) is 5.82 Å². The van der Waals surface area contributed by atoms with Crippen LogP contribution in [-0.2, 0) is 30.3 Å². The average molecular weight is 528 g/mol. The molecule has 0 aliphatic carbocycles. The molecular formula is C23H27ClFN3O8. The Balaban J connectivity index is 1.64. The second-order valence-electron chi connectivity index (χ2n) is 9.02. The lowest BCUT2D eigenvalue weighted by Crippen LogP contribution is -2.37. The number of carbonyl (C=O) groups is 2. The molecule has 1 aromatic heterocycles. The van der Waals surface area contributed by atoms with Crippen LogP contribution in [0.2, 0.25) is 5.02 Å². The Kier molecular flexibility index (Phi) is 8.88. The quantitative estimate of drug-likeness (QED) is 0.499. The predicted molar refractivity (Wildman–Crippen MR) is 125 cm³/mol. The van der Waals surface area contributed by atoms with Gasteiger partial charge in [-0.3, -0.25) is 19.1 Å². The SMILES string of the molecule is CC(C)(C)OC(=O)NCC(=O)OC[C@H]1O[C@@H](n2cc(F)c(=O)[nH]c2=O)C[C@@H]1OCc1ccc(Cl)cc1. The summed E-state index contributed by atoms with van der Waals surface area (Å²) in [4.78, 5) is 49.3. The lowest BCUT2D eigenvalue weighted by molar-refractivity contribution is -0.150. The monoisotopic (exact) mass is 527 g/mol. The molecule has 196 valence electrons. The number of ether oxygens (including phenoxy) is 4. The molecule has 1 fully saturated rings. The largest absolute Gasteiger partial charge is 0.461 e. The first-order valence-corrected chi connectivity index (χ1v) is 11.4. The number of nitrogens with zero attached hydrogens (tertiary/aromatic N) is 1. The molecule has 1 aromatic carbocycles. The Morgan fingerprint density at radius 1 is 1.25 bits per heavy atom. The first-order chi connectivity index (χ1) is 16.9. The van der Waals surface area contributed by atoms with E-state index >= 15 is 0 Å². The molecule has 1 amide bonds. The molecule has 0 bridgehead atoms. The lowest BCUT2D eigenvalue weighted by atomic mass is 10.1. The van der Waals surface area contributed by atoms with Gasteiger partial charge in [-0.2, -0.15) is 4.39 Å². The summed E-state index contributed by atoms with van der Waals surface area (Å²) in [7, 11) is 0. The van der Waals surface area contributed by atoms with Gasteiger partial charge in [0, 0.05) is 11.4 Å². The summed E-state index contributed by atoms with van der Waals surface area (Å²) in [6.45, 7) is 4.51. The number of amides is 1. The van der Waals surface area contributed by atoms with E-state index in [-0.39, 0.29) is 19.6 Å². The maximum absolute atomic E-state index is 13.8. The molecular weight excluding hydrogens is 501 g/mol. The minimum Gasteiger partial charge on any atom is -0.461 e. The zero-order chi connectivity index (χ0) is 26.5. The van der Waals surface area contributed by atoms with Gasteiger partial charge in [0.1, 0.15) is 31.1 Å². The van der Waals surface area contributed by atoms with Crippen LogP contribution in [0.25, 0.3) is 0 Å². The van der Waals surface area contributed by atoms with E-state index in [1.165, 1.54) is 0 Å². The Labute approximate surface area is 210 Å². The molecule has 0 spiro atoms. The summed E-state index contributed by atoms with van der Waals surface area (Å²) in [6, 6.07) is 6.95. The van der Waals surface area contributed by atoms with Crippen LogP contribution in [0.15, 0.2) is 40.1 Å². The van der Waals surface area contributed by atoms with E-state index in [0.29, 0.717) is 5.02 Å². The van der Waals surface area contributed by atoms with Crippen LogP contribution in [0, 0.1) is 5.82 Å². The van der Waals surface area contributed by atoms with Crippen molar-refractivity contribution in [1.82, 2.24) is 14.9 Å². The smallest absolute Gasteiger partial charge is 0.408 e. The highest BCUT2D eigenvalue weighted by atomic mass is 35.5. The number of benzene rings is 1. The van der Waals surface area contributed by atoms with Crippen molar-refractivity contribution >= 4 is 23.7 Å². The first-order valence-electron chi connectivity index (χ1n) is 11.1. The van der Waals surface area contributed by atoms with Gasteiger partial charge in [0.25, 0.3) is 5.56 Å². The molecule has 13 heteroatoms. The number of aromatic nitrogens is 2. The number of nitrogens with one attached hydrogen (secondary N) is 2. The maximum atomic E-state index is 13.8. The molecule has 2 N–H and O–H groups in total. The van der Waals surface area contributed by atoms with Crippen LogP contribution >= 0.6 is 11.6 Å². The van der Waals surface area contributed by atoms with Crippen molar-refractivity contribution < 1.29 is 32.9 Å². The van der Waals surface area contributed by atoms with Gasteiger partial charge in [0.05, 0.1) is 18.9 Å². The zero-order valence-corrected chi connectivity index (χ0v) is 20.7. The Morgan fingerprint density at radius 2 is 1.94 bits per heavy atom. The van der Waals surface area contributed by atoms with Gasteiger partial charge in [-0.15, -0.1) is 0 Å². The van der Waals surface area contributed by atoms with Gasteiger partial charge in [-0.1, -0.05) is 23.7 Å². The average Bonchev–Trinajstić information content (AvgIpc) is 3.20. The third-order valence-corrected chi connectivity index (χ3v) is 5.23. The third-order valence-electron chi connectivity index (χ3n) is 4.98. The second-order valence-corrected chi connectivity index (χ2v) is 9.46. The number of aromatic amines is 1. The fourth-order valence-corrected chi connectivity index (χ4v) is 3.47. The van der Waals surface area contributed by atoms with Crippen molar-refractivity contribution in [1.29, 1.82) is 0 Å². The molecule has 2 heterocycles. The number of rotatable bonds is 8. The molecule has 2 aromatic rings. The topological polar surface area (TPSA) is 138 Å². The number of H-pyrrole nitrogens is 1. The van der Waals surface area contributed by atoms with Crippen molar-refractivity contribution in [3.05, 3.63) is 67.7 Å².